The van der Waals surface area contributed by atoms with Gasteiger partial charge in [0, 0.05) is 6.04 Å². The molecule has 0 radical (unpaired) electrons. The minimum Gasteiger partial charge on any atom is -0.491 e. The minimum atomic E-state index is 0.523. The molecule has 0 saturated heterocycles. The quantitative estimate of drug-likeness (QED) is 0.832. The molecule has 2 nitrogen and oxygen atoms in total. The summed E-state index contributed by atoms with van der Waals surface area (Å²) in [5.41, 5.74) is 3.83. The summed E-state index contributed by atoms with van der Waals surface area (Å²) in [6, 6.07) is 4.84. The summed E-state index contributed by atoms with van der Waals surface area (Å²) >= 11 is 0. The normalized spacial score (nSPS) is 16.7. The van der Waals surface area contributed by atoms with Gasteiger partial charge in [-0.1, -0.05) is 19.1 Å². The van der Waals surface area contributed by atoms with Crippen molar-refractivity contribution in [1.29, 1.82) is 0 Å². The molecule has 1 aliphatic carbocycles. The van der Waals surface area contributed by atoms with Gasteiger partial charge in [-0.25, -0.2) is 0 Å². The lowest BCUT2D eigenvalue weighted by atomic mass is 10.1. The molecule has 0 amide bonds. The molecule has 1 saturated carbocycles. The van der Waals surface area contributed by atoms with Crippen molar-refractivity contribution in [3.8, 4) is 5.75 Å². The molecule has 1 fully saturated rings. The Hall–Kier alpha value is -1.02. The fourth-order valence-corrected chi connectivity index (χ4v) is 2.44. The van der Waals surface area contributed by atoms with Gasteiger partial charge in [-0.05, 0) is 62.8 Å². The van der Waals surface area contributed by atoms with Gasteiger partial charge in [0.2, 0.25) is 0 Å². The second-order valence-electron chi connectivity index (χ2n) is 5.47. The summed E-state index contributed by atoms with van der Waals surface area (Å²) in [5, 5.41) is 3.54. The molecular formula is C16H25NO. The molecule has 1 atom stereocenters. The molecule has 1 unspecified atom stereocenters. The van der Waals surface area contributed by atoms with Gasteiger partial charge in [0.1, 0.15) is 12.4 Å². The molecule has 100 valence electrons. The van der Waals surface area contributed by atoms with Crippen molar-refractivity contribution in [3.63, 3.8) is 0 Å². The van der Waals surface area contributed by atoms with Crippen LogP contribution in [-0.4, -0.2) is 19.2 Å². The van der Waals surface area contributed by atoms with Crippen LogP contribution in [0.1, 0.15) is 36.5 Å². The van der Waals surface area contributed by atoms with Gasteiger partial charge in [-0.2, -0.15) is 0 Å². The lowest BCUT2D eigenvalue weighted by Gasteiger charge is -2.20. The predicted molar refractivity (Wildman–Crippen MR) is 76.3 cm³/mol. The number of benzene rings is 1. The number of aryl methyl sites for hydroxylation is 2. The largest absolute Gasteiger partial charge is 0.491 e. The molecule has 0 spiro atoms. The van der Waals surface area contributed by atoms with Crippen LogP contribution in [0.2, 0.25) is 0 Å². The van der Waals surface area contributed by atoms with E-state index >= 15 is 0 Å². The topological polar surface area (TPSA) is 21.3 Å². The molecule has 2 heteroatoms. The molecule has 0 bridgehead atoms. The first-order valence-corrected chi connectivity index (χ1v) is 7.06. The molecule has 2 rings (SSSR count). The van der Waals surface area contributed by atoms with E-state index in [1.807, 2.05) is 0 Å². The van der Waals surface area contributed by atoms with E-state index in [2.05, 4.69) is 45.1 Å². The fraction of sp³-hybridized carbons (Fsp3) is 0.625. The van der Waals surface area contributed by atoms with Gasteiger partial charge in [0.15, 0.2) is 0 Å². The van der Waals surface area contributed by atoms with E-state index in [1.165, 1.54) is 29.5 Å². The summed E-state index contributed by atoms with van der Waals surface area (Å²) in [6.45, 7) is 10.4. The molecule has 0 heterocycles. The van der Waals surface area contributed by atoms with E-state index in [0.29, 0.717) is 6.04 Å². The first-order chi connectivity index (χ1) is 8.63. The number of ether oxygens (including phenoxy) is 1. The third kappa shape index (κ3) is 3.05. The molecule has 1 aromatic rings. The summed E-state index contributed by atoms with van der Waals surface area (Å²) in [5.74, 6) is 1.91. The average molecular weight is 247 g/mol. The van der Waals surface area contributed by atoms with Crippen molar-refractivity contribution >= 4 is 0 Å². The Bertz CT molecular complexity index is 410. The van der Waals surface area contributed by atoms with Gasteiger partial charge in [-0.3, -0.25) is 0 Å². The third-order valence-corrected chi connectivity index (χ3v) is 3.94. The summed E-state index contributed by atoms with van der Waals surface area (Å²) in [6.07, 6.45) is 2.71. The summed E-state index contributed by atoms with van der Waals surface area (Å²) < 4.78 is 6.10. The predicted octanol–water partition coefficient (Wildman–Crippen LogP) is 3.38. The van der Waals surface area contributed by atoms with Crippen LogP contribution in [0.5, 0.6) is 5.75 Å². The van der Waals surface area contributed by atoms with E-state index < -0.39 is 0 Å². The van der Waals surface area contributed by atoms with Crippen LogP contribution >= 0.6 is 0 Å². The van der Waals surface area contributed by atoms with E-state index in [-0.39, 0.29) is 0 Å². The molecule has 1 aliphatic rings. The van der Waals surface area contributed by atoms with Gasteiger partial charge >= 0.3 is 0 Å². The van der Waals surface area contributed by atoms with E-state index in [9.17, 15) is 0 Å². The van der Waals surface area contributed by atoms with Crippen LogP contribution in [0.3, 0.4) is 0 Å². The lowest BCUT2D eigenvalue weighted by Crippen LogP contribution is -2.36. The minimum absolute atomic E-state index is 0.523. The van der Waals surface area contributed by atoms with Crippen LogP contribution in [0, 0.1) is 26.7 Å². The highest BCUT2D eigenvalue weighted by molar-refractivity contribution is 5.44. The van der Waals surface area contributed by atoms with E-state index in [4.69, 9.17) is 4.74 Å². The average Bonchev–Trinajstić information content (AvgIpc) is 3.17. The van der Waals surface area contributed by atoms with Crippen LogP contribution in [0.15, 0.2) is 12.1 Å². The number of hydrogen-bond acceptors (Lipinski definition) is 2. The number of hydrogen-bond donors (Lipinski definition) is 1. The molecule has 0 aliphatic heterocycles. The Kier molecular flexibility index (Phi) is 4.28. The molecular weight excluding hydrogens is 222 g/mol. The Morgan fingerprint density at radius 3 is 2.50 bits per heavy atom. The van der Waals surface area contributed by atoms with Crippen molar-refractivity contribution in [2.75, 3.05) is 13.2 Å². The first kappa shape index (κ1) is 13.4. The van der Waals surface area contributed by atoms with Crippen molar-refractivity contribution in [1.82, 2.24) is 5.32 Å². The highest BCUT2D eigenvalue weighted by Gasteiger charge is 2.31. The van der Waals surface area contributed by atoms with E-state index in [1.54, 1.807) is 0 Å². The fourth-order valence-electron chi connectivity index (χ4n) is 2.44. The van der Waals surface area contributed by atoms with Crippen molar-refractivity contribution < 1.29 is 4.74 Å². The summed E-state index contributed by atoms with van der Waals surface area (Å²) in [7, 11) is 0. The zero-order valence-corrected chi connectivity index (χ0v) is 12.0. The third-order valence-electron chi connectivity index (χ3n) is 3.94. The van der Waals surface area contributed by atoms with E-state index in [0.717, 1.165) is 24.8 Å². The van der Waals surface area contributed by atoms with Crippen LogP contribution < -0.4 is 10.1 Å². The second-order valence-corrected chi connectivity index (χ2v) is 5.47. The summed E-state index contributed by atoms with van der Waals surface area (Å²) in [4.78, 5) is 0. The monoisotopic (exact) mass is 247 g/mol. The standard InChI is InChI=1S/C16H25NO/c1-5-17-15(14-8-9-14)10-18-16-12(3)7-6-11(2)13(16)4/h6-7,14-15,17H,5,8-10H2,1-4H3. The molecule has 18 heavy (non-hydrogen) atoms. The van der Waals surface area contributed by atoms with Crippen LogP contribution in [-0.2, 0) is 0 Å². The Morgan fingerprint density at radius 2 is 1.89 bits per heavy atom. The number of rotatable bonds is 6. The molecule has 1 N–H and O–H groups in total. The number of likely N-dealkylation sites (N-methyl/N-ethyl adjacent to an activating group) is 1. The zero-order chi connectivity index (χ0) is 13.1. The highest BCUT2D eigenvalue weighted by Crippen LogP contribution is 2.33. The number of nitrogens with one attached hydrogen (secondary N) is 1. The van der Waals surface area contributed by atoms with Gasteiger partial charge in [-0.15, -0.1) is 0 Å². The van der Waals surface area contributed by atoms with Crippen molar-refractivity contribution in [2.45, 2.75) is 46.6 Å². The maximum absolute atomic E-state index is 6.10. The van der Waals surface area contributed by atoms with Crippen LogP contribution in [0.4, 0.5) is 0 Å². The van der Waals surface area contributed by atoms with Gasteiger partial charge in [0.05, 0.1) is 0 Å². The van der Waals surface area contributed by atoms with Crippen molar-refractivity contribution in [2.24, 2.45) is 5.92 Å². The Balaban J connectivity index is 2.02. The molecule has 0 aromatic heterocycles. The second kappa shape index (κ2) is 5.75. The lowest BCUT2D eigenvalue weighted by molar-refractivity contribution is 0.248. The highest BCUT2D eigenvalue weighted by atomic mass is 16.5. The van der Waals surface area contributed by atoms with Gasteiger partial charge < -0.3 is 10.1 Å². The first-order valence-electron chi connectivity index (χ1n) is 7.06. The Morgan fingerprint density at radius 1 is 1.22 bits per heavy atom. The van der Waals surface area contributed by atoms with Crippen molar-refractivity contribution in [3.05, 3.63) is 28.8 Å². The maximum atomic E-state index is 6.10. The molecule has 1 aromatic carbocycles. The van der Waals surface area contributed by atoms with Gasteiger partial charge in [0.25, 0.3) is 0 Å². The van der Waals surface area contributed by atoms with Crippen LogP contribution in [0.25, 0.3) is 0 Å². The smallest absolute Gasteiger partial charge is 0.125 e. The maximum Gasteiger partial charge on any atom is 0.125 e. The SMILES string of the molecule is CCNC(COc1c(C)ccc(C)c1C)C1CC1. The zero-order valence-electron chi connectivity index (χ0n) is 12.0. The Labute approximate surface area is 111 Å².